The van der Waals surface area contributed by atoms with Gasteiger partial charge in [-0.2, -0.15) is 0 Å². The first-order chi connectivity index (χ1) is 9.63. The largest absolute Gasteiger partial charge is 0.334 e. The quantitative estimate of drug-likeness (QED) is 0.893. The third kappa shape index (κ3) is 3.28. The number of piperidine rings is 1. The van der Waals surface area contributed by atoms with Crippen LogP contribution in [0.2, 0.25) is 0 Å². The SMILES string of the molecule is CCCN(C(=O)c1ccn(C)c(=O)c1)C1CCCNC1. The summed E-state index contributed by atoms with van der Waals surface area (Å²) >= 11 is 0. The van der Waals surface area contributed by atoms with E-state index in [-0.39, 0.29) is 17.5 Å². The molecule has 110 valence electrons. The summed E-state index contributed by atoms with van der Waals surface area (Å²) in [6, 6.07) is 3.39. The van der Waals surface area contributed by atoms with Crippen LogP contribution in [0.4, 0.5) is 0 Å². The number of pyridine rings is 1. The molecule has 2 rings (SSSR count). The summed E-state index contributed by atoms with van der Waals surface area (Å²) in [5.74, 6) is -0.0294. The van der Waals surface area contributed by atoms with Crippen LogP contribution in [0.25, 0.3) is 0 Å². The van der Waals surface area contributed by atoms with Gasteiger partial charge in [0, 0.05) is 44.0 Å². The Hall–Kier alpha value is -1.62. The summed E-state index contributed by atoms with van der Waals surface area (Å²) in [4.78, 5) is 26.2. The van der Waals surface area contributed by atoms with E-state index in [9.17, 15) is 9.59 Å². The summed E-state index contributed by atoms with van der Waals surface area (Å²) in [5, 5.41) is 3.34. The lowest BCUT2D eigenvalue weighted by atomic mass is 10.0. The van der Waals surface area contributed by atoms with E-state index in [2.05, 4.69) is 12.2 Å². The van der Waals surface area contributed by atoms with Gasteiger partial charge in [-0.15, -0.1) is 0 Å². The molecular weight excluding hydrogens is 254 g/mol. The third-order valence-corrected chi connectivity index (χ3v) is 3.79. The van der Waals surface area contributed by atoms with Gasteiger partial charge in [0.05, 0.1) is 0 Å². The van der Waals surface area contributed by atoms with Crippen molar-refractivity contribution in [2.45, 2.75) is 32.2 Å². The lowest BCUT2D eigenvalue weighted by molar-refractivity contribution is 0.0648. The highest BCUT2D eigenvalue weighted by molar-refractivity contribution is 5.94. The van der Waals surface area contributed by atoms with E-state index in [0.717, 1.165) is 38.9 Å². The number of nitrogens with zero attached hydrogens (tertiary/aromatic N) is 2. The second-order valence-electron chi connectivity index (χ2n) is 5.36. The van der Waals surface area contributed by atoms with Crippen molar-refractivity contribution in [3.8, 4) is 0 Å². The maximum absolute atomic E-state index is 12.6. The van der Waals surface area contributed by atoms with Crippen LogP contribution < -0.4 is 10.9 Å². The molecule has 0 aliphatic carbocycles. The number of carbonyl (C=O) groups excluding carboxylic acids is 1. The Morgan fingerprint density at radius 3 is 2.95 bits per heavy atom. The van der Waals surface area contributed by atoms with Crippen LogP contribution in [0.5, 0.6) is 0 Å². The Morgan fingerprint density at radius 1 is 1.55 bits per heavy atom. The lowest BCUT2D eigenvalue weighted by Crippen LogP contribution is -2.49. The number of nitrogens with one attached hydrogen (secondary N) is 1. The molecule has 20 heavy (non-hydrogen) atoms. The maximum Gasteiger partial charge on any atom is 0.254 e. The first kappa shape index (κ1) is 14.8. The molecule has 0 bridgehead atoms. The van der Waals surface area contributed by atoms with Crippen LogP contribution in [0.15, 0.2) is 23.1 Å². The highest BCUT2D eigenvalue weighted by Crippen LogP contribution is 2.14. The average Bonchev–Trinajstić information content (AvgIpc) is 2.48. The second-order valence-corrected chi connectivity index (χ2v) is 5.36. The molecule has 5 heteroatoms. The fourth-order valence-electron chi connectivity index (χ4n) is 2.64. The van der Waals surface area contributed by atoms with Gasteiger partial charge in [-0.05, 0) is 31.9 Å². The van der Waals surface area contributed by atoms with E-state index >= 15 is 0 Å². The topological polar surface area (TPSA) is 54.3 Å². The van der Waals surface area contributed by atoms with Crippen molar-refractivity contribution in [2.24, 2.45) is 7.05 Å². The van der Waals surface area contributed by atoms with E-state index < -0.39 is 0 Å². The molecule has 0 saturated carbocycles. The van der Waals surface area contributed by atoms with Crippen LogP contribution >= 0.6 is 0 Å². The van der Waals surface area contributed by atoms with E-state index in [0.29, 0.717) is 5.56 Å². The Balaban J connectivity index is 2.21. The highest BCUT2D eigenvalue weighted by Gasteiger charge is 2.25. The van der Waals surface area contributed by atoms with Gasteiger partial charge in [0.1, 0.15) is 0 Å². The molecule has 5 nitrogen and oxygen atoms in total. The Labute approximate surface area is 119 Å². The van der Waals surface area contributed by atoms with Crippen LogP contribution in [0.3, 0.4) is 0 Å². The van der Waals surface area contributed by atoms with E-state index in [1.54, 1.807) is 19.3 Å². The van der Waals surface area contributed by atoms with Crippen molar-refractivity contribution in [3.05, 3.63) is 34.2 Å². The molecule has 0 spiro atoms. The third-order valence-electron chi connectivity index (χ3n) is 3.79. The fourth-order valence-corrected chi connectivity index (χ4v) is 2.64. The van der Waals surface area contributed by atoms with E-state index in [1.807, 2.05) is 4.90 Å². The van der Waals surface area contributed by atoms with Crippen molar-refractivity contribution in [3.63, 3.8) is 0 Å². The zero-order chi connectivity index (χ0) is 14.5. The molecule has 2 heterocycles. The first-order valence-corrected chi connectivity index (χ1v) is 7.32. The molecule has 1 aromatic heterocycles. The van der Waals surface area contributed by atoms with Crippen LogP contribution in [0.1, 0.15) is 36.5 Å². The Bertz CT molecular complexity index is 518. The number of aryl methyl sites for hydroxylation is 1. The zero-order valence-electron chi connectivity index (χ0n) is 12.3. The van der Waals surface area contributed by atoms with Gasteiger partial charge >= 0.3 is 0 Å². The first-order valence-electron chi connectivity index (χ1n) is 7.32. The number of hydrogen-bond acceptors (Lipinski definition) is 3. The summed E-state index contributed by atoms with van der Waals surface area (Å²) in [6.07, 6.45) is 4.70. The van der Waals surface area contributed by atoms with Crippen LogP contribution in [-0.4, -0.2) is 41.1 Å². The molecule has 1 aromatic rings. The van der Waals surface area contributed by atoms with E-state index in [1.165, 1.54) is 10.6 Å². The Morgan fingerprint density at radius 2 is 2.35 bits per heavy atom. The van der Waals surface area contributed by atoms with Gasteiger partial charge in [0.2, 0.25) is 0 Å². The van der Waals surface area contributed by atoms with Crippen molar-refractivity contribution >= 4 is 5.91 Å². The molecule has 1 aliphatic rings. The van der Waals surface area contributed by atoms with Gasteiger partial charge in [0.25, 0.3) is 11.5 Å². The predicted molar refractivity (Wildman–Crippen MR) is 78.9 cm³/mol. The maximum atomic E-state index is 12.6. The van der Waals surface area contributed by atoms with Gasteiger partial charge in [-0.3, -0.25) is 9.59 Å². The van der Waals surface area contributed by atoms with Gasteiger partial charge in [0.15, 0.2) is 0 Å². The smallest absolute Gasteiger partial charge is 0.254 e. The summed E-state index contributed by atoms with van der Waals surface area (Å²) in [6.45, 7) is 4.67. The molecule has 0 aromatic carbocycles. The predicted octanol–water partition coefficient (Wildman–Crippen LogP) is 0.990. The number of rotatable bonds is 4. The molecule has 1 N–H and O–H groups in total. The molecule has 1 saturated heterocycles. The molecule has 0 radical (unpaired) electrons. The minimum absolute atomic E-state index is 0.0294. The fraction of sp³-hybridized carbons (Fsp3) is 0.600. The molecule has 1 aliphatic heterocycles. The molecule has 1 amide bonds. The summed E-state index contributed by atoms with van der Waals surface area (Å²) in [7, 11) is 1.69. The number of aromatic nitrogens is 1. The minimum atomic E-state index is -0.144. The van der Waals surface area contributed by atoms with Gasteiger partial charge in [-0.25, -0.2) is 0 Å². The summed E-state index contributed by atoms with van der Waals surface area (Å²) in [5.41, 5.74) is 0.348. The lowest BCUT2D eigenvalue weighted by Gasteiger charge is -2.34. The summed E-state index contributed by atoms with van der Waals surface area (Å²) < 4.78 is 1.48. The van der Waals surface area contributed by atoms with Crippen LogP contribution in [0, 0.1) is 0 Å². The van der Waals surface area contributed by atoms with E-state index in [4.69, 9.17) is 0 Å². The van der Waals surface area contributed by atoms with Crippen molar-refractivity contribution in [2.75, 3.05) is 19.6 Å². The normalized spacial score (nSPS) is 18.8. The monoisotopic (exact) mass is 277 g/mol. The molecule has 1 atom stereocenters. The van der Waals surface area contributed by atoms with Gasteiger partial charge in [-0.1, -0.05) is 6.92 Å². The highest BCUT2D eigenvalue weighted by atomic mass is 16.2. The standard InChI is InChI=1S/C15H23N3O2/c1-3-8-18(13-5-4-7-16-11-13)15(20)12-6-9-17(2)14(19)10-12/h6,9-10,13,16H,3-5,7-8,11H2,1-2H3. The van der Waals surface area contributed by atoms with Crippen molar-refractivity contribution in [1.29, 1.82) is 0 Å². The van der Waals surface area contributed by atoms with Crippen molar-refractivity contribution < 1.29 is 4.79 Å². The molecular formula is C15H23N3O2. The van der Waals surface area contributed by atoms with Gasteiger partial charge < -0.3 is 14.8 Å². The van der Waals surface area contributed by atoms with Crippen LogP contribution in [-0.2, 0) is 7.05 Å². The number of hydrogen-bond donors (Lipinski definition) is 1. The minimum Gasteiger partial charge on any atom is -0.334 e. The Kier molecular flexibility index (Phi) is 4.95. The molecule has 1 fully saturated rings. The molecule has 1 unspecified atom stereocenters. The number of amides is 1. The number of carbonyl (C=O) groups is 1. The zero-order valence-corrected chi connectivity index (χ0v) is 12.3. The second kappa shape index (κ2) is 6.70. The average molecular weight is 277 g/mol. The van der Waals surface area contributed by atoms with Crippen molar-refractivity contribution in [1.82, 2.24) is 14.8 Å².